The maximum absolute atomic E-state index is 13.1. The molecule has 0 bridgehead atoms. The molecule has 1 spiro atoms. The van der Waals surface area contributed by atoms with Crippen LogP contribution in [0.3, 0.4) is 0 Å². The Labute approximate surface area is 207 Å². The van der Waals surface area contributed by atoms with E-state index >= 15 is 0 Å². The Morgan fingerprint density at radius 2 is 1.89 bits per heavy atom. The van der Waals surface area contributed by atoms with Crippen molar-refractivity contribution in [1.29, 1.82) is 0 Å². The zero-order valence-electron chi connectivity index (χ0n) is 21.3. The molecule has 2 aliphatic heterocycles. The van der Waals surface area contributed by atoms with Crippen molar-refractivity contribution in [2.75, 3.05) is 33.9 Å². The molecule has 4 rings (SSSR count). The number of likely N-dealkylation sites (N-methyl/N-ethyl adjacent to an activating group) is 1. The lowest BCUT2D eigenvalue weighted by Crippen LogP contribution is -2.54. The van der Waals surface area contributed by atoms with Gasteiger partial charge in [0.15, 0.2) is 0 Å². The molecule has 3 amide bonds. The highest BCUT2D eigenvalue weighted by molar-refractivity contribution is 5.94. The number of methoxy groups -OCH3 is 2. The third-order valence-electron chi connectivity index (χ3n) is 7.31. The molecule has 2 aromatic carbocycles. The smallest absolute Gasteiger partial charge is 0.322 e. The van der Waals surface area contributed by atoms with Crippen LogP contribution >= 0.6 is 0 Å². The number of ether oxygens (including phenoxy) is 2. The zero-order chi connectivity index (χ0) is 25.2. The molecule has 186 valence electrons. The van der Waals surface area contributed by atoms with Gasteiger partial charge in [-0.2, -0.15) is 0 Å². The van der Waals surface area contributed by atoms with Gasteiger partial charge in [-0.15, -0.1) is 0 Å². The number of rotatable bonds is 6. The maximum atomic E-state index is 13.1. The van der Waals surface area contributed by atoms with E-state index in [9.17, 15) is 9.59 Å². The van der Waals surface area contributed by atoms with Crippen LogP contribution in [-0.4, -0.2) is 61.1 Å². The molecule has 2 fully saturated rings. The summed E-state index contributed by atoms with van der Waals surface area (Å²) in [5, 5.41) is 3.14. The number of allylic oxidation sites excluding steroid dienone is 1. The van der Waals surface area contributed by atoms with Crippen molar-refractivity contribution in [3.8, 4) is 11.5 Å². The van der Waals surface area contributed by atoms with Crippen molar-refractivity contribution in [3.63, 3.8) is 0 Å². The van der Waals surface area contributed by atoms with E-state index in [-0.39, 0.29) is 17.9 Å². The van der Waals surface area contributed by atoms with Gasteiger partial charge in [-0.05, 0) is 44.9 Å². The topological polar surface area (TPSA) is 71.1 Å². The van der Waals surface area contributed by atoms with Crippen LogP contribution in [-0.2, 0) is 0 Å². The Morgan fingerprint density at radius 1 is 1.14 bits per heavy atom. The fourth-order valence-corrected chi connectivity index (χ4v) is 5.40. The number of nitrogens with zero attached hydrogens (tertiary/aromatic N) is 2. The minimum Gasteiger partial charge on any atom is -0.497 e. The van der Waals surface area contributed by atoms with Gasteiger partial charge >= 0.3 is 6.03 Å². The molecule has 1 N–H and O–H groups in total. The molecular weight excluding hydrogens is 442 g/mol. The number of amides is 3. The highest BCUT2D eigenvalue weighted by atomic mass is 16.5. The first kappa shape index (κ1) is 24.6. The second-order valence-corrected chi connectivity index (χ2v) is 9.34. The predicted octanol–water partition coefficient (Wildman–Crippen LogP) is 4.72. The summed E-state index contributed by atoms with van der Waals surface area (Å²) in [6.07, 6.45) is 3.51. The first-order chi connectivity index (χ1) is 16.8. The third-order valence-corrected chi connectivity index (χ3v) is 7.31. The highest BCUT2D eigenvalue weighted by Gasteiger charge is 2.50. The first-order valence-electron chi connectivity index (χ1n) is 12.2. The molecule has 2 heterocycles. The van der Waals surface area contributed by atoms with Gasteiger partial charge in [0.05, 0.1) is 19.8 Å². The molecule has 0 unspecified atom stereocenters. The van der Waals surface area contributed by atoms with Crippen molar-refractivity contribution < 1.29 is 19.1 Å². The van der Waals surface area contributed by atoms with Crippen molar-refractivity contribution in [1.82, 2.24) is 15.1 Å². The second-order valence-electron chi connectivity index (χ2n) is 9.34. The number of carbonyl (C=O) groups excluding carboxylic acids is 2. The molecule has 2 saturated heterocycles. The zero-order valence-corrected chi connectivity index (χ0v) is 21.3. The quantitative estimate of drug-likeness (QED) is 0.654. The van der Waals surface area contributed by atoms with Gasteiger partial charge in [0.25, 0.3) is 5.91 Å². The van der Waals surface area contributed by atoms with Gasteiger partial charge in [-0.3, -0.25) is 4.79 Å². The van der Waals surface area contributed by atoms with E-state index < -0.39 is 5.54 Å². The van der Waals surface area contributed by atoms with Crippen molar-refractivity contribution in [2.45, 2.75) is 45.1 Å². The third kappa shape index (κ3) is 4.59. The number of nitrogens with one attached hydrogen (secondary N) is 1. The second kappa shape index (κ2) is 10.0. The lowest BCUT2D eigenvalue weighted by atomic mass is 9.82. The van der Waals surface area contributed by atoms with Gasteiger partial charge in [-0.25, -0.2) is 4.79 Å². The number of urea groups is 1. The first-order valence-corrected chi connectivity index (χ1v) is 12.2. The summed E-state index contributed by atoms with van der Waals surface area (Å²) >= 11 is 0. The van der Waals surface area contributed by atoms with Crippen molar-refractivity contribution >= 4 is 11.9 Å². The highest BCUT2D eigenvalue weighted by Crippen LogP contribution is 2.41. The molecular formula is C28H35N3O4. The van der Waals surface area contributed by atoms with Crippen LogP contribution in [0.2, 0.25) is 0 Å². The molecule has 0 radical (unpaired) electrons. The Kier molecular flexibility index (Phi) is 7.05. The van der Waals surface area contributed by atoms with E-state index in [1.54, 1.807) is 14.2 Å². The Morgan fingerprint density at radius 3 is 2.51 bits per heavy atom. The predicted molar refractivity (Wildman–Crippen MR) is 136 cm³/mol. The summed E-state index contributed by atoms with van der Waals surface area (Å²) in [7, 11) is 3.28. The molecule has 7 nitrogen and oxygen atoms in total. The number of likely N-dealkylation sites (tertiary alicyclic amines) is 1. The van der Waals surface area contributed by atoms with Gasteiger partial charge in [0.2, 0.25) is 0 Å². The number of carbonyl (C=O) groups is 2. The van der Waals surface area contributed by atoms with E-state index in [1.165, 1.54) is 0 Å². The average Bonchev–Trinajstić information content (AvgIpc) is 3.12. The number of piperidine rings is 1. The summed E-state index contributed by atoms with van der Waals surface area (Å²) < 4.78 is 10.9. The van der Waals surface area contributed by atoms with Crippen LogP contribution in [0.25, 0.3) is 0 Å². The number of hydrogen-bond donors (Lipinski definition) is 1. The van der Waals surface area contributed by atoms with Crippen LogP contribution < -0.4 is 14.8 Å². The molecule has 35 heavy (non-hydrogen) atoms. The fourth-order valence-electron chi connectivity index (χ4n) is 5.40. The van der Waals surface area contributed by atoms with E-state index in [1.807, 2.05) is 66.1 Å². The van der Waals surface area contributed by atoms with Crippen LogP contribution in [0.5, 0.6) is 11.5 Å². The van der Waals surface area contributed by atoms with Gasteiger partial charge in [0.1, 0.15) is 11.5 Å². The average molecular weight is 478 g/mol. The summed E-state index contributed by atoms with van der Waals surface area (Å²) in [5.74, 6) is 1.54. The molecule has 2 aliphatic rings. The summed E-state index contributed by atoms with van der Waals surface area (Å²) in [5.41, 5.74) is 3.28. The summed E-state index contributed by atoms with van der Waals surface area (Å²) in [4.78, 5) is 29.9. The van der Waals surface area contributed by atoms with Gasteiger partial charge < -0.3 is 24.6 Å². The van der Waals surface area contributed by atoms with E-state index in [0.717, 1.165) is 28.3 Å². The van der Waals surface area contributed by atoms with Crippen LogP contribution in [0, 0.1) is 6.92 Å². The van der Waals surface area contributed by atoms with Crippen molar-refractivity contribution in [2.24, 2.45) is 0 Å². The number of aryl methyl sites for hydroxylation is 1. The molecule has 0 saturated carbocycles. The maximum Gasteiger partial charge on any atom is 0.322 e. The van der Waals surface area contributed by atoms with Crippen LogP contribution in [0.15, 0.2) is 54.2 Å². The number of benzene rings is 2. The summed E-state index contributed by atoms with van der Waals surface area (Å²) in [6.45, 7) is 7.89. The standard InChI is InChI=1S/C28H35N3O4/c1-6-31-27(33)29-25(17-20(3)23-11-10-22(34-4)18-24(23)35-5)28(31)12-14-30(15-13-28)26(32)21-9-7-8-19(2)16-21/h7-11,16-18,20H,6,12-15H2,1-5H3,(H,29,33)/b25-17-/t20-/m0/s1. The molecule has 2 aromatic rings. The van der Waals surface area contributed by atoms with Crippen molar-refractivity contribution in [3.05, 3.63) is 70.9 Å². The van der Waals surface area contributed by atoms with E-state index in [2.05, 4.69) is 18.3 Å². The minimum absolute atomic E-state index is 0.00629. The van der Waals surface area contributed by atoms with Gasteiger partial charge in [0, 0.05) is 48.4 Å². The minimum atomic E-state index is -0.441. The Bertz CT molecular complexity index is 1130. The molecule has 0 aromatic heterocycles. The van der Waals surface area contributed by atoms with E-state index in [0.29, 0.717) is 38.0 Å². The van der Waals surface area contributed by atoms with Crippen LogP contribution in [0.1, 0.15) is 54.1 Å². The van der Waals surface area contributed by atoms with E-state index in [4.69, 9.17) is 9.47 Å². The van der Waals surface area contributed by atoms with Crippen LogP contribution in [0.4, 0.5) is 4.79 Å². The largest absolute Gasteiger partial charge is 0.497 e. The number of hydrogen-bond acceptors (Lipinski definition) is 4. The molecule has 1 atom stereocenters. The lowest BCUT2D eigenvalue weighted by molar-refractivity contribution is 0.0576. The fraction of sp³-hybridized carbons (Fsp3) is 0.429. The SMILES string of the molecule is CCN1C(=O)N/C(=C\[C@H](C)c2ccc(OC)cc2OC)C12CCN(C(=O)c1cccc(C)c1)CC2. The molecule has 7 heteroatoms. The normalized spacial score (nSPS) is 19.1. The molecule has 0 aliphatic carbocycles. The monoisotopic (exact) mass is 477 g/mol. The Hall–Kier alpha value is -3.48. The van der Waals surface area contributed by atoms with Gasteiger partial charge in [-0.1, -0.05) is 36.8 Å². The summed E-state index contributed by atoms with van der Waals surface area (Å²) in [6, 6.07) is 13.4. The lowest BCUT2D eigenvalue weighted by Gasteiger charge is -2.44. The Balaban J connectivity index is 1.60.